The summed E-state index contributed by atoms with van der Waals surface area (Å²) >= 11 is 12.7. The zero-order valence-corrected chi connectivity index (χ0v) is 16.2. The summed E-state index contributed by atoms with van der Waals surface area (Å²) in [5.74, 6) is 0.440. The topological polar surface area (TPSA) is 106 Å². The van der Waals surface area contributed by atoms with Crippen molar-refractivity contribution < 1.29 is 13.0 Å². The molecular formula is C14H17Cl2N3O3S2. The Kier molecular flexibility index (Phi) is 6.22. The number of benzene rings is 1. The van der Waals surface area contributed by atoms with E-state index in [9.17, 15) is 8.42 Å². The summed E-state index contributed by atoms with van der Waals surface area (Å²) in [6, 6.07) is 2.97. The molecule has 3 rings (SSSR count). The molecule has 0 radical (unpaired) electrons. The van der Waals surface area contributed by atoms with Crippen molar-refractivity contribution in [1.82, 2.24) is 10.2 Å². The summed E-state index contributed by atoms with van der Waals surface area (Å²) in [5.41, 5.74) is 7.54. The first-order valence-corrected chi connectivity index (χ1v) is 10.1. The van der Waals surface area contributed by atoms with Crippen LogP contribution < -0.4 is 5.73 Å². The highest BCUT2D eigenvalue weighted by Crippen LogP contribution is 2.30. The van der Waals surface area contributed by atoms with Crippen LogP contribution in [0.15, 0.2) is 17.0 Å². The molecule has 1 heterocycles. The minimum atomic E-state index is -4.25. The fourth-order valence-electron chi connectivity index (χ4n) is 2.30. The highest BCUT2D eigenvalue weighted by Gasteiger charge is 2.23. The van der Waals surface area contributed by atoms with Gasteiger partial charge in [0.2, 0.25) is 4.47 Å². The van der Waals surface area contributed by atoms with Crippen molar-refractivity contribution >= 4 is 44.7 Å². The van der Waals surface area contributed by atoms with E-state index in [1.165, 1.54) is 17.4 Å². The summed E-state index contributed by atoms with van der Waals surface area (Å²) in [4.78, 5) is -0.239. The van der Waals surface area contributed by atoms with Crippen LogP contribution in [0.1, 0.15) is 35.9 Å². The molecule has 132 valence electrons. The average molecular weight is 410 g/mol. The van der Waals surface area contributed by atoms with Crippen LogP contribution in [0.25, 0.3) is 0 Å². The number of fused-ring (bicyclic) bond motifs is 1. The highest BCUT2D eigenvalue weighted by molar-refractivity contribution is 7.86. The zero-order valence-electron chi connectivity index (χ0n) is 13.0. The Bertz CT molecular complexity index is 838. The summed E-state index contributed by atoms with van der Waals surface area (Å²) in [5, 5.41) is 8.57. The van der Waals surface area contributed by atoms with E-state index >= 15 is 0 Å². The molecule has 0 saturated heterocycles. The molecule has 24 heavy (non-hydrogen) atoms. The number of halogens is 2. The zero-order chi connectivity index (χ0) is 18.1. The Morgan fingerprint density at radius 3 is 2.25 bits per heavy atom. The van der Waals surface area contributed by atoms with Crippen LogP contribution in [-0.2, 0) is 23.0 Å². The Hall–Kier alpha value is -0.770. The molecule has 0 spiro atoms. The molecule has 2 aromatic rings. The molecule has 0 bridgehead atoms. The van der Waals surface area contributed by atoms with Gasteiger partial charge in [0.15, 0.2) is 0 Å². The van der Waals surface area contributed by atoms with Crippen molar-refractivity contribution in [3.8, 4) is 0 Å². The van der Waals surface area contributed by atoms with Crippen molar-refractivity contribution in [2.75, 3.05) is 0 Å². The molecule has 3 N–H and O–H groups in total. The van der Waals surface area contributed by atoms with Gasteiger partial charge in [0.1, 0.15) is 9.90 Å². The standard InChI is InChI=1S/C9H10ClNO3S.C5H7ClN2S/c10-8-3-5-1-7(11)2-6(5)4-9(8)15(12,13)14;1-3(2)4-7-8-5(6)9-4/h3-4,7H,1-2,11H2,(H,12,13,14);3H,1-2H3. The molecule has 1 aliphatic carbocycles. The SMILES string of the molecule is CC(C)c1nnc(Cl)s1.NC1Cc2cc(Cl)c(S(=O)(=O)O)cc2C1. The van der Waals surface area contributed by atoms with Gasteiger partial charge >= 0.3 is 0 Å². The molecule has 1 unspecified atom stereocenters. The van der Waals surface area contributed by atoms with Crippen LogP contribution in [0.5, 0.6) is 0 Å². The molecule has 0 saturated carbocycles. The maximum absolute atomic E-state index is 11.0. The van der Waals surface area contributed by atoms with E-state index in [2.05, 4.69) is 24.0 Å². The Balaban J connectivity index is 0.000000198. The first-order chi connectivity index (χ1) is 11.1. The van der Waals surface area contributed by atoms with Gasteiger partial charge in [-0.15, -0.1) is 10.2 Å². The fraction of sp³-hybridized carbons (Fsp3) is 0.429. The normalized spacial score (nSPS) is 16.7. The van der Waals surface area contributed by atoms with Gasteiger partial charge in [-0.3, -0.25) is 4.55 Å². The Labute approximate surface area is 154 Å². The Morgan fingerprint density at radius 2 is 1.83 bits per heavy atom. The Morgan fingerprint density at radius 1 is 1.25 bits per heavy atom. The quantitative estimate of drug-likeness (QED) is 0.736. The first kappa shape index (κ1) is 19.6. The van der Waals surface area contributed by atoms with E-state index in [0.29, 0.717) is 23.2 Å². The van der Waals surface area contributed by atoms with E-state index in [1.807, 2.05) is 0 Å². The third-order valence-corrected chi connectivity index (χ3v) is 6.04. The van der Waals surface area contributed by atoms with Crippen LogP contribution in [0.4, 0.5) is 0 Å². The maximum Gasteiger partial charge on any atom is 0.296 e. The molecular weight excluding hydrogens is 393 g/mol. The summed E-state index contributed by atoms with van der Waals surface area (Å²) in [6.45, 7) is 4.13. The fourth-order valence-corrected chi connectivity index (χ4v) is 4.22. The molecule has 1 aliphatic rings. The number of rotatable bonds is 2. The number of hydrogen-bond donors (Lipinski definition) is 2. The lowest BCUT2D eigenvalue weighted by atomic mass is 10.1. The van der Waals surface area contributed by atoms with Crippen molar-refractivity contribution in [3.05, 3.63) is 37.8 Å². The lowest BCUT2D eigenvalue weighted by Gasteiger charge is -2.04. The molecule has 10 heteroatoms. The van der Waals surface area contributed by atoms with Crippen molar-refractivity contribution in [1.29, 1.82) is 0 Å². The van der Waals surface area contributed by atoms with Crippen LogP contribution in [0.3, 0.4) is 0 Å². The van der Waals surface area contributed by atoms with Gasteiger partial charge in [0.05, 0.1) is 5.02 Å². The number of nitrogens with two attached hydrogens (primary N) is 1. The monoisotopic (exact) mass is 409 g/mol. The molecule has 1 atom stereocenters. The van der Waals surface area contributed by atoms with Gasteiger partial charge in [0.25, 0.3) is 10.1 Å². The maximum atomic E-state index is 11.0. The van der Waals surface area contributed by atoms with E-state index in [1.54, 1.807) is 6.07 Å². The molecule has 0 amide bonds. The van der Waals surface area contributed by atoms with Crippen molar-refractivity contribution in [3.63, 3.8) is 0 Å². The van der Waals surface area contributed by atoms with E-state index in [4.69, 9.17) is 33.5 Å². The third-order valence-electron chi connectivity index (χ3n) is 3.41. The average Bonchev–Trinajstić information content (AvgIpc) is 3.02. The van der Waals surface area contributed by atoms with Crippen molar-refractivity contribution in [2.24, 2.45) is 5.73 Å². The van der Waals surface area contributed by atoms with E-state index in [-0.39, 0.29) is 16.0 Å². The predicted molar refractivity (Wildman–Crippen MR) is 95.7 cm³/mol. The van der Waals surface area contributed by atoms with Gasteiger partial charge < -0.3 is 5.73 Å². The minimum Gasteiger partial charge on any atom is -0.327 e. The van der Waals surface area contributed by atoms with Crippen LogP contribution in [0, 0.1) is 0 Å². The predicted octanol–water partition coefficient (Wildman–Crippen LogP) is 3.33. The number of nitrogens with zero attached hydrogens (tertiary/aromatic N) is 2. The minimum absolute atomic E-state index is 0.00714. The van der Waals surface area contributed by atoms with Gasteiger partial charge in [0, 0.05) is 12.0 Å². The summed E-state index contributed by atoms with van der Waals surface area (Å²) in [6.07, 6.45) is 1.32. The third kappa shape index (κ3) is 4.87. The van der Waals surface area contributed by atoms with Crippen LogP contribution in [-0.4, -0.2) is 29.2 Å². The summed E-state index contributed by atoms with van der Waals surface area (Å²) in [7, 11) is -4.25. The second-order valence-corrected chi connectivity index (χ2v) is 9.13. The molecule has 0 aliphatic heterocycles. The van der Waals surface area contributed by atoms with Gasteiger partial charge in [-0.1, -0.05) is 36.8 Å². The largest absolute Gasteiger partial charge is 0.327 e. The van der Waals surface area contributed by atoms with E-state index in [0.717, 1.165) is 16.1 Å². The second-order valence-electron chi connectivity index (χ2n) is 5.74. The van der Waals surface area contributed by atoms with Gasteiger partial charge in [-0.25, -0.2) is 0 Å². The lowest BCUT2D eigenvalue weighted by molar-refractivity contribution is 0.483. The van der Waals surface area contributed by atoms with E-state index < -0.39 is 10.1 Å². The molecule has 1 aromatic carbocycles. The molecule has 6 nitrogen and oxygen atoms in total. The summed E-state index contributed by atoms with van der Waals surface area (Å²) < 4.78 is 31.4. The highest BCUT2D eigenvalue weighted by atomic mass is 35.5. The second kappa shape index (κ2) is 7.63. The van der Waals surface area contributed by atoms with Crippen molar-refractivity contribution in [2.45, 2.75) is 43.5 Å². The number of hydrogen-bond acceptors (Lipinski definition) is 6. The van der Waals surface area contributed by atoms with Gasteiger partial charge in [-0.05, 0) is 47.7 Å². The number of aromatic nitrogens is 2. The van der Waals surface area contributed by atoms with Crippen LogP contribution in [0.2, 0.25) is 9.49 Å². The van der Waals surface area contributed by atoms with Gasteiger partial charge in [-0.2, -0.15) is 8.42 Å². The smallest absolute Gasteiger partial charge is 0.296 e. The molecule has 1 aromatic heterocycles. The molecule has 0 fully saturated rings. The first-order valence-electron chi connectivity index (χ1n) is 7.11. The van der Waals surface area contributed by atoms with Crippen LogP contribution >= 0.6 is 34.5 Å². The lowest BCUT2D eigenvalue weighted by Crippen LogP contribution is -2.19.